The third-order valence-electron chi connectivity index (χ3n) is 2.95. The lowest BCUT2D eigenvalue weighted by atomic mass is 9.96. The average Bonchev–Trinajstić information content (AvgIpc) is 2.65. The van der Waals surface area contributed by atoms with Gasteiger partial charge >= 0.3 is 0 Å². The number of hydrogen-bond donors (Lipinski definition) is 1. The van der Waals surface area contributed by atoms with Crippen molar-refractivity contribution in [2.24, 2.45) is 5.41 Å². The molecule has 1 heterocycles. The molecule has 0 aliphatic heterocycles. The van der Waals surface area contributed by atoms with Crippen LogP contribution in [-0.4, -0.2) is 24.4 Å². The number of nitrogen functional groups attached to an aromatic ring is 1. The van der Waals surface area contributed by atoms with Gasteiger partial charge < -0.3 is 10.6 Å². The third kappa shape index (κ3) is 2.99. The lowest BCUT2D eigenvalue weighted by Gasteiger charge is -2.26. The van der Waals surface area contributed by atoms with Crippen LogP contribution in [0.15, 0.2) is 22.7 Å². The van der Waals surface area contributed by atoms with Crippen LogP contribution in [0.5, 0.6) is 0 Å². The second kappa shape index (κ2) is 5.37. The molecule has 20 heavy (non-hydrogen) atoms. The number of hydrogen-bond acceptors (Lipinski definition) is 3. The van der Waals surface area contributed by atoms with Crippen molar-refractivity contribution >= 4 is 48.9 Å². The fraction of sp³-hybridized carbons (Fsp3) is 0.400. The lowest BCUT2D eigenvalue weighted by Crippen LogP contribution is -2.34. The lowest BCUT2D eigenvalue weighted by molar-refractivity contribution is 0.0751. The minimum absolute atomic E-state index is 0.00877. The van der Waals surface area contributed by atoms with Gasteiger partial charge in [0.25, 0.3) is 5.91 Å². The Balaban J connectivity index is 2.41. The normalized spacial score (nSPS) is 11.8. The van der Waals surface area contributed by atoms with Crippen LogP contribution in [0.3, 0.4) is 0 Å². The maximum Gasteiger partial charge on any atom is 0.265 e. The van der Waals surface area contributed by atoms with E-state index in [-0.39, 0.29) is 11.3 Å². The van der Waals surface area contributed by atoms with Gasteiger partial charge in [-0.25, -0.2) is 0 Å². The molecule has 3 nitrogen and oxygen atoms in total. The molecule has 0 bridgehead atoms. The van der Waals surface area contributed by atoms with E-state index in [9.17, 15) is 4.79 Å². The number of benzene rings is 1. The zero-order chi connectivity index (χ0) is 15.1. The number of anilines is 1. The van der Waals surface area contributed by atoms with Crippen LogP contribution in [-0.2, 0) is 0 Å². The van der Waals surface area contributed by atoms with E-state index in [0.717, 1.165) is 14.6 Å². The summed E-state index contributed by atoms with van der Waals surface area (Å²) in [5, 5.41) is 0.935. The Hall–Kier alpha value is -1.07. The molecule has 0 saturated heterocycles. The molecule has 0 saturated carbocycles. The number of carbonyl (C=O) groups excluding carboxylic acids is 1. The van der Waals surface area contributed by atoms with Gasteiger partial charge in [0, 0.05) is 28.2 Å². The monoisotopic (exact) mass is 354 g/mol. The van der Waals surface area contributed by atoms with Crippen LogP contribution in [0.1, 0.15) is 30.4 Å². The van der Waals surface area contributed by atoms with E-state index in [1.165, 1.54) is 11.3 Å². The molecule has 1 amide bonds. The van der Waals surface area contributed by atoms with Gasteiger partial charge in [0.05, 0.1) is 5.69 Å². The molecule has 5 heteroatoms. The number of halogens is 1. The first kappa shape index (κ1) is 15.3. The van der Waals surface area contributed by atoms with Crippen molar-refractivity contribution in [1.29, 1.82) is 0 Å². The number of carbonyl (C=O) groups is 1. The first-order valence-electron chi connectivity index (χ1n) is 6.42. The fourth-order valence-corrected chi connectivity index (χ4v) is 4.10. The molecule has 0 aliphatic rings. The number of nitrogens with two attached hydrogens (primary N) is 1. The van der Waals surface area contributed by atoms with Gasteiger partial charge in [0.1, 0.15) is 4.88 Å². The van der Waals surface area contributed by atoms with Crippen molar-refractivity contribution in [2.75, 3.05) is 19.3 Å². The van der Waals surface area contributed by atoms with Gasteiger partial charge in [-0.1, -0.05) is 42.8 Å². The second-order valence-electron chi connectivity index (χ2n) is 6.18. The van der Waals surface area contributed by atoms with Crippen LogP contribution < -0.4 is 5.73 Å². The Morgan fingerprint density at radius 2 is 2.05 bits per heavy atom. The predicted octanol–water partition coefficient (Wildman–Crippen LogP) is 4.36. The van der Waals surface area contributed by atoms with Crippen LogP contribution in [0.2, 0.25) is 0 Å². The van der Waals surface area contributed by atoms with Crippen molar-refractivity contribution in [3.05, 3.63) is 27.5 Å². The number of amides is 1. The topological polar surface area (TPSA) is 46.3 Å². The molecular formula is C15H19BrN2OS. The molecule has 0 spiro atoms. The summed E-state index contributed by atoms with van der Waals surface area (Å²) in [7, 11) is 1.83. The highest BCUT2D eigenvalue weighted by molar-refractivity contribution is 9.10. The molecule has 108 valence electrons. The Morgan fingerprint density at radius 3 is 2.60 bits per heavy atom. The molecule has 0 atom stereocenters. The molecule has 1 aromatic carbocycles. The van der Waals surface area contributed by atoms with Gasteiger partial charge in [-0.2, -0.15) is 0 Å². The SMILES string of the molecule is CN(CC(C)(C)C)C(=O)c1sc2cccc(Br)c2c1N. The summed E-state index contributed by atoms with van der Waals surface area (Å²) in [6.07, 6.45) is 0. The average molecular weight is 355 g/mol. The zero-order valence-electron chi connectivity index (χ0n) is 12.2. The van der Waals surface area contributed by atoms with Crippen LogP contribution in [0.4, 0.5) is 5.69 Å². The Kier molecular flexibility index (Phi) is 4.12. The van der Waals surface area contributed by atoms with E-state index in [1.54, 1.807) is 4.90 Å². The standard InChI is InChI=1S/C15H19BrN2OS/c1-15(2,3)8-18(4)14(19)13-12(17)11-9(16)6-5-7-10(11)20-13/h5-7H,8,17H2,1-4H3. The second-order valence-corrected chi connectivity index (χ2v) is 8.09. The maximum absolute atomic E-state index is 12.6. The Bertz CT molecular complexity index is 658. The van der Waals surface area contributed by atoms with Crippen LogP contribution >= 0.6 is 27.3 Å². The molecule has 2 rings (SSSR count). The van der Waals surface area contributed by atoms with Gasteiger partial charge in [-0.3, -0.25) is 4.79 Å². The summed E-state index contributed by atoms with van der Waals surface area (Å²) in [5.74, 6) is -0.00877. The van der Waals surface area contributed by atoms with E-state index in [0.29, 0.717) is 17.1 Å². The summed E-state index contributed by atoms with van der Waals surface area (Å²) in [6.45, 7) is 7.03. The summed E-state index contributed by atoms with van der Waals surface area (Å²) in [5.41, 5.74) is 6.81. The van der Waals surface area contributed by atoms with Gasteiger partial charge in [0.2, 0.25) is 0 Å². The highest BCUT2D eigenvalue weighted by Crippen LogP contribution is 2.38. The number of fused-ring (bicyclic) bond motifs is 1. The predicted molar refractivity (Wildman–Crippen MR) is 90.4 cm³/mol. The fourth-order valence-electron chi connectivity index (χ4n) is 2.24. The van der Waals surface area contributed by atoms with E-state index in [1.807, 2.05) is 25.2 Å². The summed E-state index contributed by atoms with van der Waals surface area (Å²) >= 11 is 4.95. The van der Waals surface area contributed by atoms with Crippen LogP contribution in [0, 0.1) is 5.41 Å². The minimum atomic E-state index is -0.00877. The molecule has 0 aliphatic carbocycles. The number of thiophene rings is 1. The van der Waals surface area contributed by atoms with Crippen molar-refractivity contribution in [3.63, 3.8) is 0 Å². The summed E-state index contributed by atoms with van der Waals surface area (Å²) in [4.78, 5) is 14.9. The third-order valence-corrected chi connectivity index (χ3v) is 4.77. The summed E-state index contributed by atoms with van der Waals surface area (Å²) in [6, 6.07) is 5.88. The molecule has 0 fully saturated rings. The molecule has 2 N–H and O–H groups in total. The zero-order valence-corrected chi connectivity index (χ0v) is 14.6. The number of rotatable bonds is 2. The van der Waals surface area contributed by atoms with E-state index in [4.69, 9.17) is 5.73 Å². The molecule has 2 aromatic rings. The minimum Gasteiger partial charge on any atom is -0.397 e. The molecule has 1 aromatic heterocycles. The quantitative estimate of drug-likeness (QED) is 0.870. The molecule has 0 radical (unpaired) electrons. The van der Waals surface area contributed by atoms with Crippen molar-refractivity contribution in [2.45, 2.75) is 20.8 Å². The van der Waals surface area contributed by atoms with Crippen molar-refractivity contribution in [3.8, 4) is 0 Å². The maximum atomic E-state index is 12.6. The van der Waals surface area contributed by atoms with Crippen molar-refractivity contribution < 1.29 is 4.79 Å². The largest absolute Gasteiger partial charge is 0.397 e. The molecular weight excluding hydrogens is 336 g/mol. The van der Waals surface area contributed by atoms with Crippen LogP contribution in [0.25, 0.3) is 10.1 Å². The first-order valence-corrected chi connectivity index (χ1v) is 8.03. The smallest absolute Gasteiger partial charge is 0.265 e. The van der Waals surface area contributed by atoms with Gasteiger partial charge in [-0.15, -0.1) is 11.3 Å². The Labute approximate surface area is 131 Å². The van der Waals surface area contributed by atoms with E-state index < -0.39 is 0 Å². The van der Waals surface area contributed by atoms with Gasteiger partial charge in [-0.05, 0) is 17.5 Å². The molecule has 0 unspecified atom stereocenters. The number of nitrogens with zero attached hydrogens (tertiary/aromatic N) is 1. The Morgan fingerprint density at radius 1 is 1.40 bits per heavy atom. The summed E-state index contributed by atoms with van der Waals surface area (Å²) < 4.78 is 1.96. The highest BCUT2D eigenvalue weighted by Gasteiger charge is 2.23. The van der Waals surface area contributed by atoms with Crippen molar-refractivity contribution in [1.82, 2.24) is 4.90 Å². The van der Waals surface area contributed by atoms with E-state index >= 15 is 0 Å². The van der Waals surface area contributed by atoms with Gasteiger partial charge in [0.15, 0.2) is 0 Å². The van der Waals surface area contributed by atoms with E-state index in [2.05, 4.69) is 36.7 Å². The first-order chi connectivity index (χ1) is 9.20. The highest BCUT2D eigenvalue weighted by atomic mass is 79.9.